The van der Waals surface area contributed by atoms with Gasteiger partial charge in [-0.25, -0.2) is 0 Å². The van der Waals surface area contributed by atoms with Gasteiger partial charge in [-0.05, 0) is 130 Å². The molecule has 0 aromatic heterocycles. The van der Waals surface area contributed by atoms with Crippen molar-refractivity contribution in [2.45, 2.75) is 190 Å². The number of carbonyl (C=O) groups is 12. The first-order valence-electron chi connectivity index (χ1n) is 29.8. The molecule has 1 heterocycles. The summed E-state index contributed by atoms with van der Waals surface area (Å²) in [6, 6.07) is -13.8. The summed E-state index contributed by atoms with van der Waals surface area (Å²) >= 11 is 0. The summed E-state index contributed by atoms with van der Waals surface area (Å²) in [6.07, 6.45) is -0.313. The second-order valence-corrected chi connectivity index (χ2v) is 21.7. The second kappa shape index (κ2) is 42.3. The molecule has 11 atom stereocenters. The van der Waals surface area contributed by atoms with E-state index in [2.05, 4.69) is 57.5 Å². The Morgan fingerprint density at radius 2 is 0.856 bits per heavy atom. The van der Waals surface area contributed by atoms with Crippen molar-refractivity contribution in [3.05, 3.63) is 0 Å². The van der Waals surface area contributed by atoms with Crippen molar-refractivity contribution < 1.29 is 72.9 Å². The van der Waals surface area contributed by atoms with E-state index in [4.69, 9.17) is 51.6 Å². The van der Waals surface area contributed by atoms with Gasteiger partial charge in [0.1, 0.15) is 67.0 Å². The van der Waals surface area contributed by atoms with Gasteiger partial charge < -0.3 is 119 Å². The number of aliphatic imine (C=N–C) groups is 3. The van der Waals surface area contributed by atoms with Crippen molar-refractivity contribution in [3.63, 3.8) is 0 Å². The Bertz CT molecular complexity index is 2490. The molecule has 10 amide bonds. The summed E-state index contributed by atoms with van der Waals surface area (Å²) in [5.74, 6) is -12.1. The molecule has 0 unspecified atom stereocenters. The summed E-state index contributed by atoms with van der Waals surface area (Å²) in [4.78, 5) is 175. The molecular weight excluding hydrogens is 1180 g/mol. The third kappa shape index (κ3) is 31.0. The third-order valence-corrected chi connectivity index (χ3v) is 14.1. The zero-order chi connectivity index (χ0) is 68.2. The molecule has 0 spiro atoms. The van der Waals surface area contributed by atoms with Crippen LogP contribution >= 0.6 is 0 Å². The largest absolute Gasteiger partial charge is 0.481 e. The number of likely N-dealkylation sites (N-methyl/N-ethyl adjacent to an activating group) is 1. The molecule has 1 aliphatic rings. The molecule has 0 saturated carbocycles. The normalized spacial score (nSPS) is 16.0. The highest BCUT2D eigenvalue weighted by Crippen LogP contribution is 2.20. The van der Waals surface area contributed by atoms with Gasteiger partial charge in [0.15, 0.2) is 17.9 Å². The van der Waals surface area contributed by atoms with Gasteiger partial charge in [-0.1, -0.05) is 0 Å². The van der Waals surface area contributed by atoms with Gasteiger partial charge in [0.25, 0.3) is 0 Å². The van der Waals surface area contributed by atoms with E-state index in [1.54, 1.807) is 0 Å². The van der Waals surface area contributed by atoms with E-state index < -0.39 is 157 Å². The Morgan fingerprint density at radius 3 is 1.26 bits per heavy atom. The highest BCUT2D eigenvalue weighted by Gasteiger charge is 2.40. The van der Waals surface area contributed by atoms with E-state index in [1.165, 1.54) is 32.7 Å². The molecule has 0 bridgehead atoms. The summed E-state index contributed by atoms with van der Waals surface area (Å²) in [7, 11) is 1.23. The number of carbonyl (C=O) groups excluding carboxylic acids is 10. The quantitative estimate of drug-likeness (QED) is 0.0153. The number of hydrogen-bond donors (Lipinski definition) is 20. The maximum Gasteiger partial charge on any atom is 0.323 e. The molecule has 0 radical (unpaired) electrons. The fourth-order valence-corrected chi connectivity index (χ4v) is 9.05. The van der Waals surface area contributed by atoms with Crippen LogP contribution in [0.15, 0.2) is 15.0 Å². The van der Waals surface area contributed by atoms with Gasteiger partial charge in [-0.3, -0.25) is 72.5 Å². The number of carboxylic acids is 2. The van der Waals surface area contributed by atoms with Crippen molar-refractivity contribution in [1.82, 2.24) is 52.3 Å². The molecule has 0 aliphatic carbocycles. The summed E-state index contributed by atoms with van der Waals surface area (Å²) in [5.41, 5.74) is 50.1. The number of nitrogens with one attached hydrogen (secondary N) is 8. The fraction of sp³-hybridized carbons (Fsp3) is 0.717. The summed E-state index contributed by atoms with van der Waals surface area (Å²) in [6.45, 7) is 3.72. The zero-order valence-electron chi connectivity index (χ0n) is 51.8. The van der Waals surface area contributed by atoms with Crippen molar-refractivity contribution in [3.8, 4) is 0 Å². The van der Waals surface area contributed by atoms with Crippen molar-refractivity contribution in [1.29, 1.82) is 0 Å². The highest BCUT2D eigenvalue weighted by molar-refractivity contribution is 5.99. The predicted octanol–water partition coefficient (Wildman–Crippen LogP) is -8.57. The lowest BCUT2D eigenvalue weighted by atomic mass is 10.0. The highest BCUT2D eigenvalue weighted by atomic mass is 16.4. The van der Waals surface area contributed by atoms with E-state index in [-0.39, 0.29) is 115 Å². The number of aliphatic hydroxyl groups excluding tert-OH is 1. The van der Waals surface area contributed by atoms with E-state index in [0.717, 1.165) is 4.90 Å². The van der Waals surface area contributed by atoms with Crippen LogP contribution in [0.25, 0.3) is 0 Å². The van der Waals surface area contributed by atoms with Crippen LogP contribution in [0.2, 0.25) is 0 Å². The van der Waals surface area contributed by atoms with Crippen LogP contribution in [0, 0.1) is 0 Å². The Hall–Kier alpha value is -8.71. The van der Waals surface area contributed by atoms with Crippen LogP contribution in [0.3, 0.4) is 0 Å². The van der Waals surface area contributed by atoms with Crippen LogP contribution in [0.1, 0.15) is 124 Å². The Balaban J connectivity index is 3.46. The fourth-order valence-electron chi connectivity index (χ4n) is 9.05. The van der Waals surface area contributed by atoms with Gasteiger partial charge in [-0.2, -0.15) is 0 Å². The van der Waals surface area contributed by atoms with Crippen LogP contribution in [-0.4, -0.2) is 233 Å². The molecule has 510 valence electrons. The Morgan fingerprint density at radius 1 is 0.500 bits per heavy atom. The first kappa shape index (κ1) is 79.3. The number of likely N-dealkylation sites (tertiary alicyclic amines) is 1. The van der Waals surface area contributed by atoms with Crippen LogP contribution < -0.4 is 94.1 Å². The zero-order valence-corrected chi connectivity index (χ0v) is 51.8. The lowest BCUT2D eigenvalue weighted by molar-refractivity contribution is -0.145. The average Bonchev–Trinajstić information content (AvgIpc) is 1.92. The predicted molar refractivity (Wildman–Crippen MR) is 329 cm³/mol. The Labute approximate surface area is 522 Å². The van der Waals surface area contributed by atoms with E-state index >= 15 is 0 Å². The minimum Gasteiger partial charge on any atom is -0.481 e. The molecule has 37 nitrogen and oxygen atoms in total. The number of guanidine groups is 3. The van der Waals surface area contributed by atoms with Crippen molar-refractivity contribution >= 4 is 88.9 Å². The number of hydrogen-bond acceptors (Lipinski definition) is 19. The lowest BCUT2D eigenvalue weighted by Crippen LogP contribution is -2.60. The maximum atomic E-state index is 14.3. The SMILES string of the molecule is C[C@H](NC(=O)[C@H](C)NC(=O)[C@H](CCC(=O)O)NC(=O)[C@H](CCCN=C(N)N)NC(=O)[C@@H]1CCCN1C(=O)[C@@H](N)[C@@H](C)O)C(=O)N[C@@H](CCCN=C(N)N)C(=O)N[C@@H](CCCCN)C(=O)N[C@@H](CCCCN)C(=O)N[C@@H](CCCN=C(N)N)C(=O)N(C)CC(=O)O. The average molecular weight is 1280 g/mol. The van der Waals surface area contributed by atoms with E-state index in [9.17, 15) is 72.9 Å². The van der Waals surface area contributed by atoms with E-state index in [0.29, 0.717) is 32.1 Å². The second-order valence-electron chi connectivity index (χ2n) is 21.7. The lowest BCUT2D eigenvalue weighted by Gasteiger charge is -2.29. The number of nitrogens with two attached hydrogens (primary N) is 9. The molecule has 1 fully saturated rings. The molecule has 0 aromatic rings. The number of amides is 10. The molecule has 29 N–H and O–H groups in total. The topological polar surface area (TPSA) is 640 Å². The van der Waals surface area contributed by atoms with Gasteiger partial charge in [-0.15, -0.1) is 0 Å². The van der Waals surface area contributed by atoms with Crippen molar-refractivity contribution in [2.24, 2.45) is 66.6 Å². The monoisotopic (exact) mass is 1280 g/mol. The standard InChI is InChI=1S/C53H98N22O15/c1-28(67-43(83)35(19-20-38(77)78)71-46(86)34(16-10-24-64-52(59)60)72-48(88)37-18-12-26-75(37)50(90)40(56)30(3)76)41(81)66-29(2)42(82)68-33(15-9-23-63-51(57)58)45(85)69-31(13-5-7-21-54)44(84)70-32(14-6-8-22-55)47(87)73-36(17-11-25-65-53(61)62)49(89)74(4)27-39(79)80/h28-37,40,76H,5-27,54-56H2,1-4H3,(H,66,81)(H,67,83)(H,68,82)(H,69,85)(H,70,84)(H,71,86)(H,72,88)(H,73,87)(H,77,78)(H,79,80)(H4,57,58,63)(H4,59,60,64)(H4,61,62,65)/t28-,29-,30+,31-,32-,33-,34-,35-,36-,37-,40-/m0/s1. The molecule has 90 heavy (non-hydrogen) atoms. The summed E-state index contributed by atoms with van der Waals surface area (Å²) < 4.78 is 0. The van der Waals surface area contributed by atoms with Crippen molar-refractivity contribution in [2.75, 3.05) is 52.9 Å². The Kier molecular flexibility index (Phi) is 37.2. The molecule has 1 saturated heterocycles. The van der Waals surface area contributed by atoms with Crippen LogP contribution in [0.5, 0.6) is 0 Å². The molecule has 1 rings (SSSR count). The van der Waals surface area contributed by atoms with E-state index in [1.807, 2.05) is 0 Å². The number of unbranched alkanes of at least 4 members (excludes halogenated alkanes) is 2. The maximum absolute atomic E-state index is 14.3. The first-order chi connectivity index (χ1) is 42.3. The first-order valence-corrected chi connectivity index (χ1v) is 29.8. The molecule has 1 aliphatic heterocycles. The van der Waals surface area contributed by atoms with Crippen LogP contribution in [0.4, 0.5) is 0 Å². The number of rotatable bonds is 44. The smallest absolute Gasteiger partial charge is 0.323 e. The van der Waals surface area contributed by atoms with Gasteiger partial charge >= 0.3 is 11.9 Å². The number of nitrogens with zero attached hydrogens (tertiary/aromatic N) is 5. The molecular formula is C53H98N22O15. The minimum absolute atomic E-state index is 0.00695. The molecule has 37 heteroatoms. The van der Waals surface area contributed by atoms with Gasteiger partial charge in [0.2, 0.25) is 59.1 Å². The number of carboxylic acid groups (broad SMARTS) is 2. The van der Waals surface area contributed by atoms with Gasteiger partial charge in [0.05, 0.1) is 6.10 Å². The van der Waals surface area contributed by atoms with Crippen LogP contribution in [-0.2, 0) is 57.5 Å². The summed E-state index contributed by atoms with van der Waals surface area (Å²) in [5, 5.41) is 49.1. The number of aliphatic carboxylic acids is 2. The third-order valence-electron chi connectivity index (χ3n) is 14.1. The number of aliphatic hydroxyl groups is 1. The minimum atomic E-state index is -1.63. The molecule has 0 aromatic carbocycles. The van der Waals surface area contributed by atoms with Gasteiger partial charge in [0, 0.05) is 39.6 Å².